The average molecular weight is 315 g/mol. The van der Waals surface area contributed by atoms with Crippen LogP contribution in [0.1, 0.15) is 123 Å². The van der Waals surface area contributed by atoms with Gasteiger partial charge in [0.25, 0.3) is 0 Å². The molecule has 128 valence electrons. The van der Waals surface area contributed by atoms with Gasteiger partial charge in [-0.15, -0.1) is 9.24 Å². The normalized spacial score (nSPS) is 12.7. The lowest BCUT2D eigenvalue weighted by atomic mass is 10.0. The van der Waals surface area contributed by atoms with E-state index in [1.54, 1.807) is 0 Å². The second kappa shape index (κ2) is 18.5. The fraction of sp³-hybridized carbons (Fsp3) is 1.00. The van der Waals surface area contributed by atoms with Crippen LogP contribution in [0, 0.1) is 0 Å². The highest BCUT2D eigenvalue weighted by molar-refractivity contribution is 7.17. The van der Waals surface area contributed by atoms with Gasteiger partial charge in [-0.3, -0.25) is 0 Å². The molecular formula is C20H43P. The molecule has 1 heteroatoms. The Morgan fingerprint density at radius 2 is 0.810 bits per heavy atom. The molecule has 0 saturated carbocycles. The Morgan fingerprint density at radius 3 is 1.10 bits per heavy atom. The van der Waals surface area contributed by atoms with Crippen LogP contribution in [0.4, 0.5) is 0 Å². The quantitative estimate of drug-likeness (QED) is 0.189. The third-order valence-corrected chi connectivity index (χ3v) is 4.85. The van der Waals surface area contributed by atoms with Crippen LogP contribution < -0.4 is 0 Å². The summed E-state index contributed by atoms with van der Waals surface area (Å²) >= 11 is 0. The lowest BCUT2D eigenvalue weighted by Crippen LogP contribution is -1.89. The van der Waals surface area contributed by atoms with E-state index in [2.05, 4.69) is 23.1 Å². The van der Waals surface area contributed by atoms with Crippen molar-refractivity contribution in [1.82, 2.24) is 0 Å². The van der Waals surface area contributed by atoms with Crippen molar-refractivity contribution < 1.29 is 0 Å². The molecule has 0 bridgehead atoms. The topological polar surface area (TPSA) is 0 Å². The first-order valence-electron chi connectivity index (χ1n) is 10.0. The average Bonchev–Trinajstić information content (AvgIpc) is 2.46. The summed E-state index contributed by atoms with van der Waals surface area (Å²) in [6.07, 6.45) is 24.8. The highest BCUT2D eigenvalue weighted by Crippen LogP contribution is 2.15. The zero-order chi connectivity index (χ0) is 15.6. The summed E-state index contributed by atoms with van der Waals surface area (Å²) < 4.78 is 0. The van der Waals surface area contributed by atoms with Crippen molar-refractivity contribution in [3.8, 4) is 0 Å². The molecule has 0 nitrogen and oxygen atoms in total. The van der Waals surface area contributed by atoms with Crippen LogP contribution in [0.25, 0.3) is 0 Å². The third kappa shape index (κ3) is 20.4. The van der Waals surface area contributed by atoms with E-state index in [9.17, 15) is 0 Å². The molecule has 0 rings (SSSR count). The molecule has 0 aliphatic carbocycles. The summed E-state index contributed by atoms with van der Waals surface area (Å²) in [6, 6.07) is 0. The first kappa shape index (κ1) is 21.4. The number of unbranched alkanes of at least 4 members (excludes halogenated alkanes) is 15. The van der Waals surface area contributed by atoms with Gasteiger partial charge in [-0.2, -0.15) is 0 Å². The van der Waals surface area contributed by atoms with Crippen LogP contribution >= 0.6 is 9.24 Å². The van der Waals surface area contributed by atoms with Crippen molar-refractivity contribution in [3.05, 3.63) is 0 Å². The molecule has 0 saturated heterocycles. The zero-order valence-electron chi connectivity index (χ0n) is 15.2. The molecule has 0 aromatic heterocycles. The van der Waals surface area contributed by atoms with Gasteiger partial charge in [-0.25, -0.2) is 0 Å². The zero-order valence-corrected chi connectivity index (χ0v) is 16.3. The molecule has 0 aliphatic heterocycles. The third-order valence-electron chi connectivity index (χ3n) is 4.51. The summed E-state index contributed by atoms with van der Waals surface area (Å²) in [4.78, 5) is 0. The van der Waals surface area contributed by atoms with Crippen LogP contribution in [0.15, 0.2) is 0 Å². The molecule has 0 N–H and O–H groups in total. The molecule has 0 fully saturated rings. The molecule has 0 aromatic carbocycles. The fourth-order valence-electron chi connectivity index (χ4n) is 3.01. The summed E-state index contributed by atoms with van der Waals surface area (Å²) in [5, 5.41) is 0. The second-order valence-electron chi connectivity index (χ2n) is 7.07. The maximum atomic E-state index is 2.91. The highest BCUT2D eigenvalue weighted by Gasteiger charge is 1.96. The smallest absolute Gasteiger partial charge is 0.0293 e. The van der Waals surface area contributed by atoms with Gasteiger partial charge < -0.3 is 0 Å². The van der Waals surface area contributed by atoms with Gasteiger partial charge in [0.2, 0.25) is 0 Å². The standard InChI is InChI=1S/C20H43P/c1-3-4-5-6-7-8-9-10-11-12-13-14-15-16-17-18-19-20(2)21/h20H,3-19,21H2,1-2H3. The van der Waals surface area contributed by atoms with Gasteiger partial charge in [0.05, 0.1) is 0 Å². The van der Waals surface area contributed by atoms with E-state index in [0.717, 1.165) is 5.66 Å². The van der Waals surface area contributed by atoms with Crippen LogP contribution in [0.2, 0.25) is 0 Å². The van der Waals surface area contributed by atoms with E-state index in [-0.39, 0.29) is 0 Å². The van der Waals surface area contributed by atoms with Crippen molar-refractivity contribution in [2.45, 2.75) is 129 Å². The lowest BCUT2D eigenvalue weighted by molar-refractivity contribution is 0.527. The van der Waals surface area contributed by atoms with Crippen LogP contribution in [-0.2, 0) is 0 Å². The molecule has 0 heterocycles. The Kier molecular flexibility index (Phi) is 18.9. The molecule has 0 spiro atoms. The Labute approximate surface area is 138 Å². The fourth-order valence-corrected chi connectivity index (χ4v) is 3.25. The van der Waals surface area contributed by atoms with Crippen LogP contribution in [0.5, 0.6) is 0 Å². The summed E-state index contributed by atoms with van der Waals surface area (Å²) in [7, 11) is 2.91. The predicted molar refractivity (Wildman–Crippen MR) is 103 cm³/mol. The molecule has 21 heavy (non-hydrogen) atoms. The molecule has 2 unspecified atom stereocenters. The first-order chi connectivity index (χ1) is 10.3. The Hall–Kier alpha value is 0.430. The first-order valence-corrected chi connectivity index (χ1v) is 10.7. The molecule has 0 aromatic rings. The summed E-state index contributed by atoms with van der Waals surface area (Å²) in [6.45, 7) is 4.60. The Bertz CT molecular complexity index is 177. The van der Waals surface area contributed by atoms with Gasteiger partial charge in [0, 0.05) is 0 Å². The van der Waals surface area contributed by atoms with E-state index >= 15 is 0 Å². The molecule has 0 aliphatic rings. The number of hydrogen-bond acceptors (Lipinski definition) is 0. The minimum Gasteiger partial charge on any atom is -0.135 e. The number of hydrogen-bond donors (Lipinski definition) is 0. The minimum absolute atomic E-state index is 0.816. The van der Waals surface area contributed by atoms with Crippen LogP contribution in [0.3, 0.4) is 0 Å². The Morgan fingerprint density at radius 1 is 0.524 bits per heavy atom. The van der Waals surface area contributed by atoms with Crippen molar-refractivity contribution >= 4 is 9.24 Å². The molecule has 0 amide bonds. The largest absolute Gasteiger partial charge is 0.135 e. The molecule has 2 atom stereocenters. The molecular weight excluding hydrogens is 271 g/mol. The monoisotopic (exact) mass is 314 g/mol. The highest BCUT2D eigenvalue weighted by atomic mass is 31.0. The predicted octanol–water partition coefficient (Wildman–Crippen LogP) is 7.90. The second-order valence-corrected chi connectivity index (χ2v) is 8.21. The molecule has 0 radical (unpaired) electrons. The van der Waals surface area contributed by atoms with E-state index in [1.165, 1.54) is 109 Å². The van der Waals surface area contributed by atoms with Crippen molar-refractivity contribution in [2.75, 3.05) is 0 Å². The maximum Gasteiger partial charge on any atom is -0.0293 e. The van der Waals surface area contributed by atoms with Crippen molar-refractivity contribution in [3.63, 3.8) is 0 Å². The van der Waals surface area contributed by atoms with Gasteiger partial charge in [0.15, 0.2) is 0 Å². The van der Waals surface area contributed by atoms with E-state index < -0.39 is 0 Å². The van der Waals surface area contributed by atoms with Gasteiger partial charge >= 0.3 is 0 Å². The van der Waals surface area contributed by atoms with E-state index in [0.29, 0.717) is 0 Å². The van der Waals surface area contributed by atoms with Gasteiger partial charge in [-0.05, 0) is 12.1 Å². The van der Waals surface area contributed by atoms with Crippen LogP contribution in [-0.4, -0.2) is 5.66 Å². The van der Waals surface area contributed by atoms with Crippen molar-refractivity contribution in [2.24, 2.45) is 0 Å². The SMILES string of the molecule is CCCCCCCCCCCCCCCCCCC(C)P. The Balaban J connectivity index is 2.93. The maximum absolute atomic E-state index is 2.91. The number of rotatable bonds is 17. The minimum atomic E-state index is 0.816. The summed E-state index contributed by atoms with van der Waals surface area (Å²) in [5.74, 6) is 0. The van der Waals surface area contributed by atoms with Gasteiger partial charge in [0.1, 0.15) is 0 Å². The van der Waals surface area contributed by atoms with Crippen molar-refractivity contribution in [1.29, 1.82) is 0 Å². The van der Waals surface area contributed by atoms with E-state index in [1.807, 2.05) is 0 Å². The lowest BCUT2D eigenvalue weighted by Gasteiger charge is -2.05. The van der Waals surface area contributed by atoms with Gasteiger partial charge in [-0.1, -0.05) is 117 Å². The summed E-state index contributed by atoms with van der Waals surface area (Å²) in [5.41, 5.74) is 0.816. The van der Waals surface area contributed by atoms with E-state index in [4.69, 9.17) is 0 Å².